The summed E-state index contributed by atoms with van der Waals surface area (Å²) in [6.45, 7) is 5.96. The molecule has 7 nitrogen and oxygen atoms in total. The topological polar surface area (TPSA) is 71.3 Å². The van der Waals surface area contributed by atoms with E-state index in [4.69, 9.17) is 0 Å². The van der Waals surface area contributed by atoms with Gasteiger partial charge in [-0.25, -0.2) is 9.67 Å². The molecule has 1 aromatic heterocycles. The van der Waals surface area contributed by atoms with Crippen LogP contribution in [0.2, 0.25) is 0 Å². The van der Waals surface area contributed by atoms with Gasteiger partial charge >= 0.3 is 0 Å². The number of carbonyl (C=O) groups excluding carboxylic acids is 2. The third-order valence-electron chi connectivity index (χ3n) is 3.44. The van der Waals surface area contributed by atoms with Crippen molar-refractivity contribution in [2.24, 2.45) is 0 Å². The van der Waals surface area contributed by atoms with Crippen LogP contribution in [0.15, 0.2) is 12.7 Å². The zero-order valence-electron chi connectivity index (χ0n) is 11.3. The van der Waals surface area contributed by atoms with Gasteiger partial charge in [0.1, 0.15) is 18.7 Å². The first-order valence-corrected chi connectivity index (χ1v) is 6.48. The van der Waals surface area contributed by atoms with Gasteiger partial charge in [0.15, 0.2) is 0 Å². The van der Waals surface area contributed by atoms with E-state index >= 15 is 0 Å². The van der Waals surface area contributed by atoms with Gasteiger partial charge < -0.3 is 9.80 Å². The van der Waals surface area contributed by atoms with Crippen molar-refractivity contribution < 1.29 is 9.59 Å². The second-order valence-corrected chi connectivity index (χ2v) is 4.74. The Morgan fingerprint density at radius 2 is 1.84 bits per heavy atom. The SMILES string of the molecule is CC(=O)N1CCCN(C(=O)[C@@H](C)n2cncn2)CC1. The van der Waals surface area contributed by atoms with Crippen molar-refractivity contribution in [3.8, 4) is 0 Å². The van der Waals surface area contributed by atoms with Crippen molar-refractivity contribution in [1.29, 1.82) is 0 Å². The van der Waals surface area contributed by atoms with Crippen LogP contribution < -0.4 is 0 Å². The zero-order chi connectivity index (χ0) is 13.8. The molecule has 0 radical (unpaired) electrons. The number of carbonyl (C=O) groups is 2. The van der Waals surface area contributed by atoms with Crippen LogP contribution in [0.3, 0.4) is 0 Å². The maximum Gasteiger partial charge on any atom is 0.247 e. The van der Waals surface area contributed by atoms with Gasteiger partial charge in [0.05, 0.1) is 0 Å². The van der Waals surface area contributed by atoms with E-state index < -0.39 is 0 Å². The van der Waals surface area contributed by atoms with E-state index in [0.29, 0.717) is 19.6 Å². The Morgan fingerprint density at radius 3 is 2.47 bits per heavy atom. The van der Waals surface area contributed by atoms with Crippen LogP contribution in [0.5, 0.6) is 0 Å². The summed E-state index contributed by atoms with van der Waals surface area (Å²) in [4.78, 5) is 31.1. The molecule has 1 aromatic rings. The van der Waals surface area contributed by atoms with Crippen LogP contribution in [-0.2, 0) is 9.59 Å². The first-order chi connectivity index (χ1) is 9.09. The molecule has 0 bridgehead atoms. The van der Waals surface area contributed by atoms with Crippen LogP contribution in [0.25, 0.3) is 0 Å². The zero-order valence-corrected chi connectivity index (χ0v) is 11.3. The molecule has 1 saturated heterocycles. The molecule has 7 heteroatoms. The second-order valence-electron chi connectivity index (χ2n) is 4.74. The molecular formula is C12H19N5O2. The molecule has 0 unspecified atom stereocenters. The molecule has 0 spiro atoms. The number of rotatable bonds is 2. The molecule has 1 aliphatic rings. The molecule has 1 fully saturated rings. The van der Waals surface area contributed by atoms with Gasteiger partial charge in [-0.1, -0.05) is 0 Å². The summed E-state index contributed by atoms with van der Waals surface area (Å²) in [5, 5.41) is 3.99. The smallest absolute Gasteiger partial charge is 0.247 e. The summed E-state index contributed by atoms with van der Waals surface area (Å²) in [6, 6.07) is -0.355. The molecule has 0 aromatic carbocycles. The van der Waals surface area contributed by atoms with Crippen molar-refractivity contribution in [1.82, 2.24) is 24.6 Å². The predicted molar refractivity (Wildman–Crippen MR) is 68.2 cm³/mol. The molecule has 104 valence electrons. The van der Waals surface area contributed by atoms with Crippen molar-refractivity contribution in [3.63, 3.8) is 0 Å². The molecule has 2 heterocycles. The summed E-state index contributed by atoms with van der Waals surface area (Å²) in [7, 11) is 0. The van der Waals surface area contributed by atoms with Crippen molar-refractivity contribution >= 4 is 11.8 Å². The normalized spacial score (nSPS) is 18.0. The third kappa shape index (κ3) is 3.10. The van der Waals surface area contributed by atoms with E-state index in [1.165, 1.54) is 6.33 Å². The Morgan fingerprint density at radius 1 is 1.16 bits per heavy atom. The fourth-order valence-electron chi connectivity index (χ4n) is 2.25. The molecule has 2 amide bonds. The Hall–Kier alpha value is -1.92. The highest BCUT2D eigenvalue weighted by Crippen LogP contribution is 2.11. The molecule has 1 atom stereocenters. The lowest BCUT2D eigenvalue weighted by Gasteiger charge is -2.24. The van der Waals surface area contributed by atoms with E-state index in [1.807, 2.05) is 6.92 Å². The highest BCUT2D eigenvalue weighted by atomic mass is 16.2. The van der Waals surface area contributed by atoms with Gasteiger partial charge in [0.25, 0.3) is 0 Å². The summed E-state index contributed by atoms with van der Waals surface area (Å²) in [5.74, 6) is 0.0922. The molecule has 19 heavy (non-hydrogen) atoms. The first-order valence-electron chi connectivity index (χ1n) is 6.48. The summed E-state index contributed by atoms with van der Waals surface area (Å²) < 4.78 is 1.55. The standard InChI is InChI=1S/C12H19N5O2/c1-10(17-9-13-8-14-17)12(19)16-5-3-4-15(6-7-16)11(2)18/h8-10H,3-7H2,1-2H3/t10-/m1/s1. The van der Waals surface area contributed by atoms with E-state index in [-0.39, 0.29) is 17.9 Å². The average molecular weight is 265 g/mol. The highest BCUT2D eigenvalue weighted by molar-refractivity contribution is 5.80. The van der Waals surface area contributed by atoms with Gasteiger partial charge in [-0.2, -0.15) is 5.10 Å². The van der Waals surface area contributed by atoms with Gasteiger partial charge in [-0.05, 0) is 13.3 Å². The molecule has 0 saturated carbocycles. The molecule has 1 aliphatic heterocycles. The fraction of sp³-hybridized carbons (Fsp3) is 0.667. The molecule has 2 rings (SSSR count). The number of hydrogen-bond donors (Lipinski definition) is 0. The Labute approximate surface area is 112 Å². The minimum absolute atomic E-state index is 0.0240. The van der Waals surface area contributed by atoms with Gasteiger partial charge in [-0.15, -0.1) is 0 Å². The average Bonchev–Trinajstić information content (AvgIpc) is 2.80. The summed E-state index contributed by atoms with van der Waals surface area (Å²) in [6.07, 6.45) is 3.78. The minimum atomic E-state index is -0.355. The van der Waals surface area contributed by atoms with E-state index in [0.717, 1.165) is 13.0 Å². The maximum absolute atomic E-state index is 12.4. The van der Waals surface area contributed by atoms with Gasteiger partial charge in [-0.3, -0.25) is 9.59 Å². The Bertz CT molecular complexity index is 445. The quantitative estimate of drug-likeness (QED) is 0.750. The Kier molecular flexibility index (Phi) is 4.13. The van der Waals surface area contributed by atoms with Crippen molar-refractivity contribution in [3.05, 3.63) is 12.7 Å². The van der Waals surface area contributed by atoms with Gasteiger partial charge in [0, 0.05) is 33.1 Å². The van der Waals surface area contributed by atoms with Crippen LogP contribution in [0.4, 0.5) is 0 Å². The lowest BCUT2D eigenvalue weighted by atomic mass is 10.2. The predicted octanol–water partition coefficient (Wildman–Crippen LogP) is -0.0801. The number of nitrogens with zero attached hydrogens (tertiary/aromatic N) is 5. The largest absolute Gasteiger partial charge is 0.341 e. The summed E-state index contributed by atoms with van der Waals surface area (Å²) >= 11 is 0. The van der Waals surface area contributed by atoms with E-state index in [2.05, 4.69) is 10.1 Å². The molecular weight excluding hydrogens is 246 g/mol. The maximum atomic E-state index is 12.4. The minimum Gasteiger partial charge on any atom is -0.341 e. The number of aromatic nitrogens is 3. The van der Waals surface area contributed by atoms with E-state index in [9.17, 15) is 9.59 Å². The second kappa shape index (κ2) is 5.81. The first kappa shape index (κ1) is 13.5. The number of amides is 2. The van der Waals surface area contributed by atoms with Crippen LogP contribution in [0, 0.1) is 0 Å². The van der Waals surface area contributed by atoms with Crippen molar-refractivity contribution in [2.45, 2.75) is 26.3 Å². The highest BCUT2D eigenvalue weighted by Gasteiger charge is 2.25. The van der Waals surface area contributed by atoms with Crippen LogP contribution in [0.1, 0.15) is 26.3 Å². The van der Waals surface area contributed by atoms with Crippen LogP contribution in [-0.4, -0.2) is 62.6 Å². The fourth-order valence-corrected chi connectivity index (χ4v) is 2.25. The lowest BCUT2D eigenvalue weighted by molar-refractivity contribution is -0.135. The third-order valence-corrected chi connectivity index (χ3v) is 3.44. The van der Waals surface area contributed by atoms with Crippen LogP contribution >= 0.6 is 0 Å². The molecule has 0 aliphatic carbocycles. The Balaban J connectivity index is 1.98. The monoisotopic (exact) mass is 265 g/mol. The summed E-state index contributed by atoms with van der Waals surface area (Å²) in [5.41, 5.74) is 0. The number of hydrogen-bond acceptors (Lipinski definition) is 4. The van der Waals surface area contributed by atoms with E-state index in [1.54, 1.807) is 27.7 Å². The van der Waals surface area contributed by atoms with Crippen molar-refractivity contribution in [2.75, 3.05) is 26.2 Å². The van der Waals surface area contributed by atoms with Gasteiger partial charge in [0.2, 0.25) is 11.8 Å². The molecule has 0 N–H and O–H groups in total. The lowest BCUT2D eigenvalue weighted by Crippen LogP contribution is -2.39.